The Hall–Kier alpha value is 0.400. The maximum absolute atomic E-state index is 5.26. The van der Waals surface area contributed by atoms with E-state index in [0.717, 1.165) is 25.2 Å². The van der Waals surface area contributed by atoms with Crippen molar-refractivity contribution in [2.24, 2.45) is 0 Å². The summed E-state index contributed by atoms with van der Waals surface area (Å²) in [6.07, 6.45) is 0.281. The molecule has 0 amide bonds. The van der Waals surface area contributed by atoms with Crippen LogP contribution < -0.4 is 0 Å². The van der Waals surface area contributed by atoms with Crippen LogP contribution in [0.2, 0.25) is 0 Å². The van der Waals surface area contributed by atoms with E-state index in [2.05, 4.69) is 15.9 Å². The molecule has 0 saturated carbocycles. The zero-order chi connectivity index (χ0) is 5.82. The molecule has 48 valence electrons. The van der Waals surface area contributed by atoms with Crippen molar-refractivity contribution in [2.75, 3.05) is 25.2 Å². The molecule has 1 heterocycles. The van der Waals surface area contributed by atoms with E-state index in [-0.39, 0.29) is 6.10 Å². The summed E-state index contributed by atoms with van der Waals surface area (Å²) in [6.45, 7) is 2.24. The van der Waals surface area contributed by atoms with Crippen LogP contribution in [0.5, 0.6) is 0 Å². The van der Waals surface area contributed by atoms with Crippen LogP contribution in [0, 0.1) is 0 Å². The third-order valence-electron chi connectivity index (χ3n) is 1.06. The molecule has 0 bridgehead atoms. The van der Waals surface area contributed by atoms with Crippen LogP contribution in [0.1, 0.15) is 0 Å². The monoisotopic (exact) mass is 180 g/mol. The van der Waals surface area contributed by atoms with E-state index in [1.165, 1.54) is 0 Å². The second-order valence-corrected chi connectivity index (χ2v) is 2.37. The molecule has 3 heteroatoms. The molecule has 1 atom stereocenters. The number of rotatable bonds is 1. The highest BCUT2D eigenvalue weighted by Gasteiger charge is 2.11. The maximum atomic E-state index is 5.26. The molecule has 0 radical (unpaired) electrons. The van der Waals surface area contributed by atoms with Gasteiger partial charge in [-0.1, -0.05) is 15.9 Å². The summed E-state index contributed by atoms with van der Waals surface area (Å²) in [5.41, 5.74) is 0. The number of halogens is 1. The summed E-state index contributed by atoms with van der Waals surface area (Å²) in [5, 5.41) is 0.882. The van der Waals surface area contributed by atoms with E-state index in [4.69, 9.17) is 9.47 Å². The van der Waals surface area contributed by atoms with Gasteiger partial charge in [0.2, 0.25) is 0 Å². The predicted octanol–water partition coefficient (Wildman–Crippen LogP) is 0.797. The van der Waals surface area contributed by atoms with Gasteiger partial charge in [0.25, 0.3) is 0 Å². The van der Waals surface area contributed by atoms with Crippen LogP contribution in [0.4, 0.5) is 0 Å². The summed E-state index contributed by atoms with van der Waals surface area (Å²) < 4.78 is 10.4. The number of alkyl halides is 1. The fourth-order valence-electron chi connectivity index (χ4n) is 0.626. The van der Waals surface area contributed by atoms with Crippen LogP contribution in [-0.2, 0) is 9.47 Å². The Morgan fingerprint density at radius 2 is 2.38 bits per heavy atom. The molecule has 1 fully saturated rings. The molecule has 8 heavy (non-hydrogen) atoms. The van der Waals surface area contributed by atoms with Crippen molar-refractivity contribution in [3.63, 3.8) is 0 Å². The van der Waals surface area contributed by atoms with Gasteiger partial charge in [-0.25, -0.2) is 0 Å². The maximum Gasteiger partial charge on any atom is 0.0906 e. The number of ether oxygens (including phenoxy) is 2. The first kappa shape index (κ1) is 6.52. The predicted molar refractivity (Wildman–Crippen MR) is 34.4 cm³/mol. The fourth-order valence-corrected chi connectivity index (χ4v) is 1.000. The van der Waals surface area contributed by atoms with Crippen LogP contribution in [0.15, 0.2) is 0 Å². The highest BCUT2D eigenvalue weighted by atomic mass is 79.9. The van der Waals surface area contributed by atoms with Gasteiger partial charge in [-0.05, 0) is 0 Å². The topological polar surface area (TPSA) is 18.5 Å². The second kappa shape index (κ2) is 3.43. The van der Waals surface area contributed by atoms with Gasteiger partial charge in [0, 0.05) is 5.33 Å². The minimum absolute atomic E-state index is 0.281. The zero-order valence-electron chi connectivity index (χ0n) is 4.60. The molecule has 1 aliphatic rings. The van der Waals surface area contributed by atoms with E-state index in [9.17, 15) is 0 Å². The summed E-state index contributed by atoms with van der Waals surface area (Å²) in [6, 6.07) is 0. The van der Waals surface area contributed by atoms with Crippen LogP contribution in [0.25, 0.3) is 0 Å². The molecule has 1 rings (SSSR count). The molecule has 0 spiro atoms. The van der Waals surface area contributed by atoms with Crippen molar-refractivity contribution in [3.05, 3.63) is 0 Å². The van der Waals surface area contributed by atoms with E-state index >= 15 is 0 Å². The van der Waals surface area contributed by atoms with Crippen molar-refractivity contribution in [1.29, 1.82) is 0 Å². The largest absolute Gasteiger partial charge is 0.376 e. The third-order valence-corrected chi connectivity index (χ3v) is 1.78. The van der Waals surface area contributed by atoms with E-state index in [1.54, 1.807) is 0 Å². The molecule has 0 aromatic heterocycles. The highest BCUT2D eigenvalue weighted by molar-refractivity contribution is 9.09. The molecule has 0 aromatic rings. The summed E-state index contributed by atoms with van der Waals surface area (Å²) >= 11 is 3.31. The molecular formula is C5H9BrO2. The van der Waals surface area contributed by atoms with Crippen LogP contribution >= 0.6 is 15.9 Å². The highest BCUT2D eigenvalue weighted by Crippen LogP contribution is 2.02. The molecule has 0 N–H and O–H groups in total. The first-order valence-corrected chi connectivity index (χ1v) is 3.81. The summed E-state index contributed by atoms with van der Waals surface area (Å²) in [5.74, 6) is 0. The van der Waals surface area contributed by atoms with Gasteiger partial charge in [-0.2, -0.15) is 0 Å². The minimum atomic E-state index is 0.281. The van der Waals surface area contributed by atoms with Gasteiger partial charge in [0.05, 0.1) is 25.9 Å². The van der Waals surface area contributed by atoms with Gasteiger partial charge in [-0.3, -0.25) is 0 Å². The van der Waals surface area contributed by atoms with Gasteiger partial charge >= 0.3 is 0 Å². The van der Waals surface area contributed by atoms with Crippen molar-refractivity contribution < 1.29 is 9.47 Å². The van der Waals surface area contributed by atoms with Crippen molar-refractivity contribution in [3.8, 4) is 0 Å². The second-order valence-electron chi connectivity index (χ2n) is 1.72. The molecule has 2 nitrogen and oxygen atoms in total. The Labute approximate surface area is 57.3 Å². The molecular weight excluding hydrogens is 172 g/mol. The smallest absolute Gasteiger partial charge is 0.0906 e. The third kappa shape index (κ3) is 1.73. The minimum Gasteiger partial charge on any atom is -0.376 e. The Morgan fingerprint density at radius 3 is 2.75 bits per heavy atom. The molecule has 0 aromatic carbocycles. The molecule has 0 unspecified atom stereocenters. The Balaban J connectivity index is 2.13. The summed E-state index contributed by atoms with van der Waals surface area (Å²) in [7, 11) is 0. The van der Waals surface area contributed by atoms with E-state index < -0.39 is 0 Å². The van der Waals surface area contributed by atoms with Gasteiger partial charge in [0.1, 0.15) is 0 Å². The van der Waals surface area contributed by atoms with Gasteiger partial charge in [-0.15, -0.1) is 0 Å². The average Bonchev–Trinajstić information content (AvgIpc) is 1.90. The SMILES string of the molecule is BrC[C@@H]1COCCO1. The molecule has 1 saturated heterocycles. The van der Waals surface area contributed by atoms with E-state index in [1.807, 2.05) is 0 Å². The Bertz CT molecular complexity index is 61.4. The van der Waals surface area contributed by atoms with Crippen molar-refractivity contribution in [2.45, 2.75) is 6.10 Å². The quantitative estimate of drug-likeness (QED) is 0.557. The van der Waals surface area contributed by atoms with Crippen molar-refractivity contribution in [1.82, 2.24) is 0 Å². The Kier molecular flexibility index (Phi) is 2.80. The lowest BCUT2D eigenvalue weighted by molar-refractivity contribution is -0.0771. The first-order chi connectivity index (χ1) is 3.93. The van der Waals surface area contributed by atoms with Gasteiger partial charge in [0.15, 0.2) is 0 Å². The standard InChI is InChI=1S/C5H9BrO2/c6-3-5-4-7-1-2-8-5/h5H,1-4H2/t5-/m1/s1. The van der Waals surface area contributed by atoms with Crippen LogP contribution in [0.3, 0.4) is 0 Å². The molecule has 1 aliphatic heterocycles. The lowest BCUT2D eigenvalue weighted by Crippen LogP contribution is -2.29. The zero-order valence-corrected chi connectivity index (χ0v) is 6.19. The van der Waals surface area contributed by atoms with Crippen LogP contribution in [-0.4, -0.2) is 31.3 Å². The van der Waals surface area contributed by atoms with E-state index in [0.29, 0.717) is 0 Å². The fraction of sp³-hybridized carbons (Fsp3) is 1.00. The lowest BCUT2D eigenvalue weighted by atomic mass is 10.4. The summed E-state index contributed by atoms with van der Waals surface area (Å²) in [4.78, 5) is 0. The first-order valence-electron chi connectivity index (χ1n) is 2.69. The van der Waals surface area contributed by atoms with Crippen molar-refractivity contribution >= 4 is 15.9 Å². The lowest BCUT2D eigenvalue weighted by Gasteiger charge is -2.20. The Morgan fingerprint density at radius 1 is 1.50 bits per heavy atom. The normalized spacial score (nSPS) is 30.4. The average molecular weight is 181 g/mol. The number of hydrogen-bond donors (Lipinski definition) is 0. The molecule has 0 aliphatic carbocycles. The number of hydrogen-bond acceptors (Lipinski definition) is 2. The van der Waals surface area contributed by atoms with Gasteiger partial charge < -0.3 is 9.47 Å².